The second-order valence-corrected chi connectivity index (χ2v) is 6.63. The van der Waals surface area contributed by atoms with E-state index in [0.29, 0.717) is 16.9 Å². The molecule has 1 aromatic rings. The topological polar surface area (TPSA) is 46.2 Å². The second kappa shape index (κ2) is 5.54. The van der Waals surface area contributed by atoms with Gasteiger partial charge in [-0.1, -0.05) is 26.3 Å². The van der Waals surface area contributed by atoms with E-state index < -0.39 is 9.84 Å². The van der Waals surface area contributed by atoms with Crippen LogP contribution in [0.5, 0.6) is 0 Å². The van der Waals surface area contributed by atoms with Gasteiger partial charge in [-0.05, 0) is 31.0 Å². The van der Waals surface area contributed by atoms with Crippen LogP contribution in [0.15, 0.2) is 29.2 Å². The minimum absolute atomic E-state index is 0.329. The Kier molecular flexibility index (Phi) is 4.57. The normalized spacial score (nSPS) is 15.3. The summed E-state index contributed by atoms with van der Waals surface area (Å²) < 4.78 is 22.9. The first-order valence-corrected chi connectivity index (χ1v) is 7.80. The molecular formula is C13H21NO2S. The van der Waals surface area contributed by atoms with E-state index >= 15 is 0 Å². The third-order valence-corrected chi connectivity index (χ3v) is 4.26. The molecule has 96 valence electrons. The molecule has 17 heavy (non-hydrogen) atoms. The Morgan fingerprint density at radius 3 is 2.47 bits per heavy atom. The quantitative estimate of drug-likeness (QED) is 0.880. The first-order chi connectivity index (χ1) is 7.84. The number of nitrogens with one attached hydrogen (secondary N) is 1. The van der Waals surface area contributed by atoms with Crippen molar-refractivity contribution in [3.8, 4) is 0 Å². The van der Waals surface area contributed by atoms with Crippen LogP contribution in [-0.2, 0) is 9.84 Å². The first-order valence-electron chi connectivity index (χ1n) is 5.91. The van der Waals surface area contributed by atoms with Crippen LogP contribution in [0.3, 0.4) is 0 Å². The minimum Gasteiger partial charge on any atom is -0.382 e. The van der Waals surface area contributed by atoms with E-state index in [1.807, 2.05) is 6.07 Å². The molecule has 0 aliphatic heterocycles. The summed E-state index contributed by atoms with van der Waals surface area (Å²) in [5, 5.41) is 3.34. The molecule has 2 atom stereocenters. The SMILES string of the molecule is CCC(C)C(C)Nc1cccc(S(C)(=O)=O)c1. The molecule has 0 aliphatic rings. The number of sulfone groups is 1. The molecule has 0 saturated carbocycles. The van der Waals surface area contributed by atoms with Gasteiger partial charge in [-0.3, -0.25) is 0 Å². The molecule has 0 aliphatic carbocycles. The number of hydrogen-bond acceptors (Lipinski definition) is 3. The average molecular weight is 255 g/mol. The maximum atomic E-state index is 11.4. The average Bonchev–Trinajstić information content (AvgIpc) is 2.27. The fourth-order valence-electron chi connectivity index (χ4n) is 1.58. The lowest BCUT2D eigenvalue weighted by atomic mass is 10.0. The molecule has 1 N–H and O–H groups in total. The van der Waals surface area contributed by atoms with Gasteiger partial charge in [-0.2, -0.15) is 0 Å². The third-order valence-electron chi connectivity index (χ3n) is 3.15. The van der Waals surface area contributed by atoms with Crippen molar-refractivity contribution in [2.75, 3.05) is 11.6 Å². The number of rotatable bonds is 5. The van der Waals surface area contributed by atoms with Gasteiger partial charge in [-0.25, -0.2) is 8.42 Å². The molecule has 0 bridgehead atoms. The Balaban J connectivity index is 2.87. The summed E-state index contributed by atoms with van der Waals surface area (Å²) in [4.78, 5) is 0.360. The zero-order chi connectivity index (χ0) is 13.1. The van der Waals surface area contributed by atoms with Crippen molar-refractivity contribution in [2.45, 2.75) is 38.1 Å². The van der Waals surface area contributed by atoms with Crippen LogP contribution in [0.2, 0.25) is 0 Å². The van der Waals surface area contributed by atoms with Gasteiger partial charge in [0.1, 0.15) is 0 Å². The van der Waals surface area contributed by atoms with Crippen molar-refractivity contribution in [1.82, 2.24) is 0 Å². The molecule has 0 heterocycles. The van der Waals surface area contributed by atoms with Crippen molar-refractivity contribution in [1.29, 1.82) is 0 Å². The van der Waals surface area contributed by atoms with Crippen LogP contribution < -0.4 is 5.32 Å². The summed E-state index contributed by atoms with van der Waals surface area (Å²) in [6, 6.07) is 7.30. The lowest BCUT2D eigenvalue weighted by Gasteiger charge is -2.21. The predicted molar refractivity (Wildman–Crippen MR) is 72.1 cm³/mol. The molecular weight excluding hydrogens is 234 g/mol. The number of anilines is 1. The van der Waals surface area contributed by atoms with Crippen LogP contribution in [-0.4, -0.2) is 20.7 Å². The molecule has 4 heteroatoms. The van der Waals surface area contributed by atoms with Crippen LogP contribution in [0.1, 0.15) is 27.2 Å². The maximum Gasteiger partial charge on any atom is 0.175 e. The molecule has 0 amide bonds. The summed E-state index contributed by atoms with van der Waals surface area (Å²) in [5.41, 5.74) is 0.862. The molecule has 0 radical (unpaired) electrons. The standard InChI is InChI=1S/C13H21NO2S/c1-5-10(2)11(3)14-12-7-6-8-13(9-12)17(4,15)16/h6-11,14H,5H2,1-4H3. The van der Waals surface area contributed by atoms with Crippen molar-refractivity contribution in [3.05, 3.63) is 24.3 Å². The lowest BCUT2D eigenvalue weighted by Crippen LogP contribution is -2.23. The van der Waals surface area contributed by atoms with Crippen LogP contribution in [0.4, 0.5) is 5.69 Å². The molecule has 1 rings (SSSR count). The van der Waals surface area contributed by atoms with Gasteiger partial charge in [0.15, 0.2) is 9.84 Å². The minimum atomic E-state index is -3.13. The van der Waals surface area contributed by atoms with E-state index in [1.54, 1.807) is 18.2 Å². The highest BCUT2D eigenvalue weighted by Gasteiger charge is 2.11. The van der Waals surface area contributed by atoms with Gasteiger partial charge in [0, 0.05) is 18.0 Å². The number of benzene rings is 1. The summed E-state index contributed by atoms with van der Waals surface area (Å²) in [6.07, 6.45) is 2.32. The lowest BCUT2D eigenvalue weighted by molar-refractivity contribution is 0.494. The van der Waals surface area contributed by atoms with Crippen LogP contribution in [0, 0.1) is 5.92 Å². The molecule has 0 fully saturated rings. The highest BCUT2D eigenvalue weighted by Crippen LogP contribution is 2.18. The Morgan fingerprint density at radius 2 is 1.94 bits per heavy atom. The van der Waals surface area contributed by atoms with Crippen molar-refractivity contribution in [3.63, 3.8) is 0 Å². The molecule has 0 aromatic heterocycles. The summed E-state index contributed by atoms with van der Waals surface area (Å²) in [7, 11) is -3.13. The Hall–Kier alpha value is -1.03. The van der Waals surface area contributed by atoms with Gasteiger partial charge in [0.2, 0.25) is 0 Å². The fraction of sp³-hybridized carbons (Fsp3) is 0.538. The van der Waals surface area contributed by atoms with E-state index in [-0.39, 0.29) is 0 Å². The van der Waals surface area contributed by atoms with E-state index in [0.717, 1.165) is 12.1 Å². The summed E-state index contributed by atoms with van der Waals surface area (Å²) >= 11 is 0. The summed E-state index contributed by atoms with van der Waals surface area (Å²) in [6.45, 7) is 6.44. The Morgan fingerprint density at radius 1 is 1.29 bits per heavy atom. The second-order valence-electron chi connectivity index (χ2n) is 4.62. The largest absolute Gasteiger partial charge is 0.382 e. The third kappa shape index (κ3) is 4.04. The maximum absolute atomic E-state index is 11.4. The van der Waals surface area contributed by atoms with E-state index in [4.69, 9.17) is 0 Å². The predicted octanol–water partition coefficient (Wildman–Crippen LogP) is 2.94. The molecule has 2 unspecified atom stereocenters. The zero-order valence-electron chi connectivity index (χ0n) is 10.9. The van der Waals surface area contributed by atoms with Gasteiger partial charge in [-0.15, -0.1) is 0 Å². The van der Waals surface area contributed by atoms with Gasteiger partial charge < -0.3 is 5.32 Å². The van der Waals surface area contributed by atoms with Gasteiger partial charge in [0.05, 0.1) is 4.90 Å². The Bertz CT molecular complexity index is 468. The summed E-state index contributed by atoms with van der Waals surface area (Å²) in [5.74, 6) is 0.553. The zero-order valence-corrected chi connectivity index (χ0v) is 11.7. The van der Waals surface area contributed by atoms with E-state index in [2.05, 4.69) is 26.1 Å². The molecule has 0 spiro atoms. The molecule has 3 nitrogen and oxygen atoms in total. The Labute approximate surface area is 104 Å². The highest BCUT2D eigenvalue weighted by atomic mass is 32.2. The van der Waals surface area contributed by atoms with Crippen molar-refractivity contribution in [2.24, 2.45) is 5.92 Å². The number of hydrogen-bond donors (Lipinski definition) is 1. The monoisotopic (exact) mass is 255 g/mol. The van der Waals surface area contributed by atoms with E-state index in [1.165, 1.54) is 6.26 Å². The first kappa shape index (κ1) is 14.0. The van der Waals surface area contributed by atoms with Crippen LogP contribution >= 0.6 is 0 Å². The smallest absolute Gasteiger partial charge is 0.175 e. The fourth-order valence-corrected chi connectivity index (χ4v) is 2.24. The van der Waals surface area contributed by atoms with Crippen LogP contribution in [0.25, 0.3) is 0 Å². The van der Waals surface area contributed by atoms with Gasteiger partial charge >= 0.3 is 0 Å². The molecule has 0 saturated heterocycles. The van der Waals surface area contributed by atoms with Crippen molar-refractivity contribution >= 4 is 15.5 Å². The highest BCUT2D eigenvalue weighted by molar-refractivity contribution is 7.90. The van der Waals surface area contributed by atoms with Gasteiger partial charge in [0.25, 0.3) is 0 Å². The molecule has 1 aromatic carbocycles. The van der Waals surface area contributed by atoms with E-state index in [9.17, 15) is 8.42 Å². The van der Waals surface area contributed by atoms with Crippen molar-refractivity contribution < 1.29 is 8.42 Å².